The van der Waals surface area contributed by atoms with E-state index in [2.05, 4.69) is 25.6 Å². The van der Waals surface area contributed by atoms with E-state index in [1.54, 1.807) is 6.92 Å². The highest BCUT2D eigenvalue weighted by Crippen LogP contribution is 2.34. The number of hydrogen-bond acceptors (Lipinski definition) is 9. The maximum atomic E-state index is 12.8. The first-order chi connectivity index (χ1) is 13.2. The Morgan fingerprint density at radius 3 is 2.68 bits per heavy atom. The van der Waals surface area contributed by atoms with Gasteiger partial charge in [-0.15, -0.1) is 0 Å². The van der Waals surface area contributed by atoms with Crippen molar-refractivity contribution in [3.63, 3.8) is 0 Å². The largest absolute Gasteiger partial charge is 0.418 e. The third-order valence-corrected chi connectivity index (χ3v) is 5.21. The fraction of sp³-hybridized carbons (Fsp3) is 0.125. The quantitative estimate of drug-likeness (QED) is 0.600. The summed E-state index contributed by atoms with van der Waals surface area (Å²) in [5.41, 5.74) is 0.637. The van der Waals surface area contributed by atoms with Gasteiger partial charge < -0.3 is 10.1 Å². The van der Waals surface area contributed by atoms with Crippen LogP contribution in [-0.2, 0) is 9.84 Å². The molecule has 0 aliphatic rings. The van der Waals surface area contributed by atoms with Crippen LogP contribution in [0.15, 0.2) is 41.7 Å². The minimum Gasteiger partial charge on any atom is -0.388 e. The number of carbonyl (C=O) groups excluding carboxylic acids is 1. The van der Waals surface area contributed by atoms with Gasteiger partial charge in [-0.2, -0.15) is 4.39 Å². The highest BCUT2D eigenvalue weighted by atomic mass is 32.2. The van der Waals surface area contributed by atoms with Crippen LogP contribution < -0.4 is 15.4 Å². The molecule has 0 radical (unpaired) electrons. The Kier molecular flexibility index (Phi) is 5.51. The Balaban J connectivity index is 1.76. The summed E-state index contributed by atoms with van der Waals surface area (Å²) in [6.07, 6.45) is 4.04. The predicted octanol–water partition coefficient (Wildman–Crippen LogP) is 3.14. The second-order valence-corrected chi connectivity index (χ2v) is 8.78. The molecule has 0 saturated carbocycles. The van der Waals surface area contributed by atoms with Crippen molar-refractivity contribution in [2.75, 3.05) is 16.9 Å². The minimum absolute atomic E-state index is 0.000158. The van der Waals surface area contributed by atoms with E-state index in [9.17, 15) is 17.6 Å². The third-order valence-electron chi connectivity index (χ3n) is 3.27. The first-order valence-corrected chi connectivity index (χ1v) is 10.4. The van der Waals surface area contributed by atoms with Crippen LogP contribution in [0.2, 0.25) is 0 Å². The maximum Gasteiger partial charge on any atom is 0.418 e. The lowest BCUT2D eigenvalue weighted by molar-refractivity contribution is 0.214. The number of aromatic nitrogens is 3. The van der Waals surface area contributed by atoms with Crippen molar-refractivity contribution in [3.05, 3.63) is 47.7 Å². The number of halogens is 1. The van der Waals surface area contributed by atoms with Crippen molar-refractivity contribution in [2.24, 2.45) is 0 Å². The van der Waals surface area contributed by atoms with E-state index in [0.29, 0.717) is 15.7 Å². The molecular formula is C16H14FN5O4S2. The highest BCUT2D eigenvalue weighted by molar-refractivity contribution is 7.90. The second kappa shape index (κ2) is 7.86. The maximum absolute atomic E-state index is 12.8. The minimum atomic E-state index is -3.42. The van der Waals surface area contributed by atoms with Crippen molar-refractivity contribution in [1.82, 2.24) is 15.0 Å². The fourth-order valence-corrected chi connectivity index (χ4v) is 3.42. The zero-order chi connectivity index (χ0) is 20.3. The van der Waals surface area contributed by atoms with E-state index >= 15 is 0 Å². The zero-order valence-corrected chi connectivity index (χ0v) is 16.3. The molecule has 0 fully saturated rings. The molecule has 0 atom stereocenters. The van der Waals surface area contributed by atoms with Crippen LogP contribution in [0.5, 0.6) is 5.88 Å². The lowest BCUT2D eigenvalue weighted by Crippen LogP contribution is -2.17. The number of ether oxygens (including phenoxy) is 1. The highest BCUT2D eigenvalue weighted by Gasteiger charge is 2.16. The first kappa shape index (κ1) is 19.6. The van der Waals surface area contributed by atoms with Crippen molar-refractivity contribution < 1.29 is 22.3 Å². The molecule has 0 aromatic carbocycles. The molecule has 0 spiro atoms. The van der Waals surface area contributed by atoms with Crippen molar-refractivity contribution in [1.29, 1.82) is 0 Å². The number of nitrogens with one attached hydrogen (secondary N) is 2. The number of carbonyl (C=O) groups is 1. The molecule has 0 bridgehead atoms. The van der Waals surface area contributed by atoms with Crippen LogP contribution >= 0.6 is 11.3 Å². The van der Waals surface area contributed by atoms with E-state index in [0.717, 1.165) is 18.5 Å². The summed E-state index contributed by atoms with van der Waals surface area (Å²) in [4.78, 5) is 23.6. The van der Waals surface area contributed by atoms with E-state index in [1.165, 1.54) is 35.9 Å². The molecule has 0 aliphatic carbocycles. The molecular weight excluding hydrogens is 409 g/mol. The van der Waals surface area contributed by atoms with Gasteiger partial charge in [-0.05, 0) is 25.1 Å². The van der Waals surface area contributed by atoms with Crippen molar-refractivity contribution in [2.45, 2.75) is 11.8 Å². The molecule has 0 saturated heterocycles. The summed E-state index contributed by atoms with van der Waals surface area (Å²) >= 11 is 1.21. The zero-order valence-electron chi connectivity index (χ0n) is 14.6. The number of thiazole rings is 1. The summed E-state index contributed by atoms with van der Waals surface area (Å²) in [7, 11) is -3.42. The van der Waals surface area contributed by atoms with Gasteiger partial charge in [-0.3, -0.25) is 10.3 Å². The first-order valence-electron chi connectivity index (χ1n) is 7.70. The number of rotatable bonds is 5. The molecule has 0 aliphatic heterocycles. The van der Waals surface area contributed by atoms with E-state index < -0.39 is 21.9 Å². The molecule has 3 rings (SSSR count). The number of hydrogen-bond donors (Lipinski definition) is 2. The Morgan fingerprint density at radius 2 is 2.00 bits per heavy atom. The molecule has 1 amide bonds. The van der Waals surface area contributed by atoms with E-state index in [4.69, 9.17) is 4.74 Å². The third kappa shape index (κ3) is 4.98. The van der Waals surface area contributed by atoms with Gasteiger partial charge in [0.2, 0.25) is 5.95 Å². The average Bonchev–Trinajstić information content (AvgIpc) is 2.95. The molecule has 3 aromatic rings. The van der Waals surface area contributed by atoms with Gasteiger partial charge in [0, 0.05) is 12.5 Å². The smallest absolute Gasteiger partial charge is 0.388 e. The van der Waals surface area contributed by atoms with Crippen LogP contribution in [-0.4, -0.2) is 35.7 Å². The molecule has 3 aromatic heterocycles. The van der Waals surface area contributed by atoms with E-state index in [-0.39, 0.29) is 16.5 Å². The molecule has 9 nitrogen and oxygen atoms in total. The van der Waals surface area contributed by atoms with Gasteiger partial charge in [0.1, 0.15) is 0 Å². The van der Waals surface area contributed by atoms with Gasteiger partial charge in [-0.25, -0.2) is 23.2 Å². The molecule has 28 heavy (non-hydrogen) atoms. The second-order valence-electron chi connectivity index (χ2n) is 5.56. The number of pyridine rings is 2. The average molecular weight is 423 g/mol. The monoisotopic (exact) mass is 423 g/mol. The summed E-state index contributed by atoms with van der Waals surface area (Å²) in [5, 5.41) is 6.34. The Labute approximate surface area is 163 Å². The SMILES string of the molecule is Cc1nc(OC(=O)Nc2ccc(F)nc2)c(Nc2cncc(S(C)(=O)=O)c2)s1. The summed E-state index contributed by atoms with van der Waals surface area (Å²) in [5.74, 6) is -0.676. The number of amides is 1. The van der Waals surface area contributed by atoms with Gasteiger partial charge in [0.15, 0.2) is 14.8 Å². The summed E-state index contributed by atoms with van der Waals surface area (Å²) in [6.45, 7) is 1.72. The van der Waals surface area contributed by atoms with Crippen molar-refractivity contribution >= 4 is 43.6 Å². The lowest BCUT2D eigenvalue weighted by atomic mass is 10.4. The number of sulfone groups is 1. The van der Waals surface area contributed by atoms with Crippen LogP contribution in [0.4, 0.5) is 25.6 Å². The Morgan fingerprint density at radius 1 is 1.21 bits per heavy atom. The number of nitrogens with zero attached hydrogens (tertiary/aromatic N) is 3. The lowest BCUT2D eigenvalue weighted by Gasteiger charge is -2.08. The van der Waals surface area contributed by atoms with Crippen LogP contribution in [0.1, 0.15) is 5.01 Å². The van der Waals surface area contributed by atoms with Crippen molar-refractivity contribution in [3.8, 4) is 5.88 Å². The van der Waals surface area contributed by atoms with Crippen LogP contribution in [0.25, 0.3) is 0 Å². The van der Waals surface area contributed by atoms with Gasteiger partial charge >= 0.3 is 6.09 Å². The molecule has 3 heterocycles. The predicted molar refractivity (Wildman–Crippen MR) is 101 cm³/mol. The number of anilines is 3. The molecule has 146 valence electrons. The van der Waals surface area contributed by atoms with Crippen LogP contribution in [0, 0.1) is 12.9 Å². The summed E-state index contributed by atoms with van der Waals surface area (Å²) in [6, 6.07) is 3.83. The van der Waals surface area contributed by atoms with Gasteiger partial charge in [-0.1, -0.05) is 11.3 Å². The Hall–Kier alpha value is -3.12. The number of aryl methyl sites for hydroxylation is 1. The topological polar surface area (TPSA) is 123 Å². The normalized spacial score (nSPS) is 11.1. The summed E-state index contributed by atoms with van der Waals surface area (Å²) < 4.78 is 41.3. The fourth-order valence-electron chi connectivity index (χ4n) is 2.06. The molecule has 0 unspecified atom stereocenters. The van der Waals surface area contributed by atoms with Gasteiger partial charge in [0.25, 0.3) is 5.88 Å². The van der Waals surface area contributed by atoms with E-state index in [1.807, 2.05) is 0 Å². The molecule has 12 heteroatoms. The standard InChI is InChI=1S/C16H14FN5O4S2/c1-9-20-14(26-16(23)22-10-3-4-13(17)19-7-10)15(27-9)21-11-5-12(8-18-6-11)28(2,24)25/h3-8,21H,1-2H3,(H,22,23). The Bertz CT molecular complexity index is 1120. The molecule has 2 N–H and O–H groups in total. The van der Waals surface area contributed by atoms with Gasteiger partial charge in [0.05, 0.1) is 33.7 Å². The van der Waals surface area contributed by atoms with Crippen LogP contribution in [0.3, 0.4) is 0 Å².